The summed E-state index contributed by atoms with van der Waals surface area (Å²) in [6, 6.07) is 14.9. The molecule has 3 aromatic rings. The van der Waals surface area contributed by atoms with Crippen molar-refractivity contribution in [1.82, 2.24) is 14.1 Å². The minimum absolute atomic E-state index is 0.157. The molecule has 2 aromatic heterocycles. The molecule has 1 aliphatic rings. The van der Waals surface area contributed by atoms with Crippen LogP contribution in [0.1, 0.15) is 41.5 Å². The van der Waals surface area contributed by atoms with E-state index in [1.54, 1.807) is 24.5 Å². The summed E-state index contributed by atoms with van der Waals surface area (Å²) >= 11 is 0. The summed E-state index contributed by atoms with van der Waals surface area (Å²) in [5.74, 6) is 1.15. The van der Waals surface area contributed by atoms with E-state index in [0.717, 1.165) is 11.3 Å². The topological polar surface area (TPSA) is 68.3 Å². The number of rotatable bonds is 8. The maximum atomic E-state index is 13.0. The third-order valence-electron chi connectivity index (χ3n) is 4.80. The highest BCUT2D eigenvalue weighted by molar-refractivity contribution is 7.92. The van der Waals surface area contributed by atoms with Gasteiger partial charge < -0.3 is 4.42 Å². The minimum atomic E-state index is -3.66. The van der Waals surface area contributed by atoms with Crippen LogP contribution in [-0.4, -0.2) is 22.5 Å². The lowest BCUT2D eigenvalue weighted by Crippen LogP contribution is -2.28. The molecule has 0 atom stereocenters. The van der Waals surface area contributed by atoms with Gasteiger partial charge in [-0.15, -0.1) is 0 Å². The third-order valence-corrected chi connectivity index (χ3v) is 6.26. The third kappa shape index (κ3) is 4.43. The van der Waals surface area contributed by atoms with E-state index in [4.69, 9.17) is 4.42 Å². The van der Waals surface area contributed by atoms with E-state index in [1.807, 2.05) is 48.1 Å². The van der Waals surface area contributed by atoms with Crippen LogP contribution in [0.25, 0.3) is 6.08 Å². The number of benzene rings is 1. The predicted molar refractivity (Wildman–Crippen MR) is 108 cm³/mol. The highest BCUT2D eigenvalue weighted by Gasteiger charge is 2.28. The number of aromatic nitrogens is 2. The smallest absolute Gasteiger partial charge is 0.237 e. The van der Waals surface area contributed by atoms with Crippen molar-refractivity contribution in [3.63, 3.8) is 0 Å². The van der Waals surface area contributed by atoms with E-state index >= 15 is 0 Å². The van der Waals surface area contributed by atoms with Crippen LogP contribution >= 0.6 is 0 Å². The van der Waals surface area contributed by atoms with Gasteiger partial charge in [0.15, 0.2) is 0 Å². The van der Waals surface area contributed by atoms with Crippen molar-refractivity contribution in [3.05, 3.63) is 82.9 Å². The summed E-state index contributed by atoms with van der Waals surface area (Å²) in [4.78, 5) is 0. The molecule has 0 radical (unpaired) electrons. The second-order valence-electron chi connectivity index (χ2n) is 7.06. The molecule has 6 nitrogen and oxygen atoms in total. The zero-order valence-corrected chi connectivity index (χ0v) is 16.5. The molecule has 2 heterocycles. The van der Waals surface area contributed by atoms with Crippen molar-refractivity contribution in [3.8, 4) is 0 Å². The predicted octanol–water partition coefficient (Wildman–Crippen LogP) is 3.89. The van der Waals surface area contributed by atoms with Gasteiger partial charge in [-0.2, -0.15) is 9.40 Å². The molecule has 7 heteroatoms. The first kappa shape index (κ1) is 18.7. The Morgan fingerprint density at radius 1 is 1.18 bits per heavy atom. The van der Waals surface area contributed by atoms with Gasteiger partial charge in [-0.1, -0.05) is 30.3 Å². The van der Waals surface area contributed by atoms with E-state index in [2.05, 4.69) is 5.10 Å². The lowest BCUT2D eigenvalue weighted by molar-refractivity contribution is 0.358. The van der Waals surface area contributed by atoms with Crippen LogP contribution in [0.2, 0.25) is 0 Å². The fourth-order valence-electron chi connectivity index (χ4n) is 3.19. The second kappa shape index (κ2) is 7.77. The first-order valence-electron chi connectivity index (χ1n) is 9.30. The first-order chi connectivity index (χ1) is 13.5. The fraction of sp³-hybridized carbons (Fsp3) is 0.286. The van der Waals surface area contributed by atoms with Crippen molar-refractivity contribution in [1.29, 1.82) is 0 Å². The van der Waals surface area contributed by atoms with Crippen molar-refractivity contribution >= 4 is 16.1 Å². The lowest BCUT2D eigenvalue weighted by atomic mass is 10.2. The molecule has 1 fully saturated rings. The molecular formula is C21H23N3O3S. The first-order valence-corrected chi connectivity index (χ1v) is 10.8. The average Bonchev–Trinajstić information content (AvgIpc) is 3.27. The molecule has 28 heavy (non-hydrogen) atoms. The van der Waals surface area contributed by atoms with Gasteiger partial charge in [0.1, 0.15) is 5.76 Å². The fourth-order valence-corrected chi connectivity index (χ4v) is 4.31. The van der Waals surface area contributed by atoms with Crippen LogP contribution in [0.4, 0.5) is 0 Å². The zero-order valence-electron chi connectivity index (χ0n) is 15.7. The monoisotopic (exact) mass is 397 g/mol. The Kier molecular flexibility index (Phi) is 5.19. The molecule has 0 spiro atoms. The molecule has 4 rings (SSSR count). The average molecular weight is 398 g/mol. The maximum absolute atomic E-state index is 13.0. The van der Waals surface area contributed by atoms with E-state index in [9.17, 15) is 8.42 Å². The molecule has 1 saturated carbocycles. The standard InChI is InChI=1S/C21H23N3O3S/c1-23-21(18-9-10-18)14-19(22-23)15-24(16-20-8-5-12-27-20)28(25,26)13-11-17-6-3-2-4-7-17/h2-8,11-14,18H,9-10,15-16H2,1H3. The van der Waals surface area contributed by atoms with Gasteiger partial charge in [0.2, 0.25) is 10.0 Å². The Morgan fingerprint density at radius 3 is 2.64 bits per heavy atom. The highest BCUT2D eigenvalue weighted by atomic mass is 32.2. The van der Waals surface area contributed by atoms with E-state index in [1.165, 1.54) is 28.2 Å². The molecule has 1 aromatic carbocycles. The highest BCUT2D eigenvalue weighted by Crippen LogP contribution is 2.40. The number of aryl methyl sites for hydroxylation is 1. The van der Waals surface area contributed by atoms with Gasteiger partial charge in [-0.3, -0.25) is 4.68 Å². The Balaban J connectivity index is 1.59. The molecule has 0 saturated heterocycles. The Bertz CT molecular complexity index is 1050. The minimum Gasteiger partial charge on any atom is -0.468 e. The summed E-state index contributed by atoms with van der Waals surface area (Å²) < 4.78 is 34.7. The van der Waals surface area contributed by atoms with Gasteiger partial charge in [0.25, 0.3) is 0 Å². The summed E-state index contributed by atoms with van der Waals surface area (Å²) in [6.45, 7) is 0.354. The molecule has 0 unspecified atom stereocenters. The molecule has 1 aliphatic carbocycles. The number of furan rings is 1. The van der Waals surface area contributed by atoms with E-state index < -0.39 is 10.0 Å². The Hall–Kier alpha value is -2.64. The Morgan fingerprint density at radius 2 is 1.96 bits per heavy atom. The molecule has 146 valence electrons. The molecule has 0 N–H and O–H groups in total. The molecule has 0 amide bonds. The second-order valence-corrected chi connectivity index (χ2v) is 8.88. The number of hydrogen-bond acceptors (Lipinski definition) is 4. The number of nitrogens with zero attached hydrogens (tertiary/aromatic N) is 3. The van der Waals surface area contributed by atoms with Gasteiger partial charge in [0.05, 0.1) is 25.0 Å². The van der Waals surface area contributed by atoms with Crippen LogP contribution in [0.5, 0.6) is 0 Å². The van der Waals surface area contributed by atoms with Crippen molar-refractivity contribution in [2.24, 2.45) is 7.05 Å². The summed E-state index contributed by atoms with van der Waals surface area (Å²) in [6.07, 6.45) is 5.50. The lowest BCUT2D eigenvalue weighted by Gasteiger charge is -2.18. The van der Waals surface area contributed by atoms with Crippen molar-refractivity contribution < 1.29 is 12.8 Å². The number of hydrogen-bond donors (Lipinski definition) is 0. The van der Waals surface area contributed by atoms with Crippen molar-refractivity contribution in [2.75, 3.05) is 0 Å². The molecular weight excluding hydrogens is 374 g/mol. The van der Waals surface area contributed by atoms with E-state index in [-0.39, 0.29) is 13.1 Å². The Labute approximate surface area is 165 Å². The normalized spacial score (nSPS) is 14.9. The van der Waals surface area contributed by atoms with Crippen LogP contribution in [0.3, 0.4) is 0 Å². The van der Waals surface area contributed by atoms with Gasteiger partial charge in [-0.25, -0.2) is 8.42 Å². The molecule has 0 aliphatic heterocycles. The number of sulfonamides is 1. The van der Waals surface area contributed by atoms with Gasteiger partial charge in [0, 0.05) is 24.1 Å². The van der Waals surface area contributed by atoms with Crippen LogP contribution in [0.15, 0.2) is 64.6 Å². The zero-order chi connectivity index (χ0) is 19.6. The summed E-state index contributed by atoms with van der Waals surface area (Å²) in [7, 11) is -1.75. The van der Waals surface area contributed by atoms with Gasteiger partial charge >= 0.3 is 0 Å². The van der Waals surface area contributed by atoms with Gasteiger partial charge in [-0.05, 0) is 42.7 Å². The SMILES string of the molecule is Cn1nc(CN(Cc2ccco2)S(=O)(=O)C=Cc2ccccc2)cc1C1CC1. The molecule has 0 bridgehead atoms. The van der Waals surface area contributed by atoms with Crippen LogP contribution in [0, 0.1) is 0 Å². The summed E-state index contributed by atoms with van der Waals surface area (Å²) in [5.41, 5.74) is 2.75. The van der Waals surface area contributed by atoms with E-state index in [0.29, 0.717) is 11.7 Å². The van der Waals surface area contributed by atoms with Crippen LogP contribution < -0.4 is 0 Å². The maximum Gasteiger partial charge on any atom is 0.237 e. The van der Waals surface area contributed by atoms with Crippen LogP contribution in [-0.2, 0) is 30.2 Å². The quantitative estimate of drug-likeness (QED) is 0.578. The van der Waals surface area contributed by atoms with Crippen molar-refractivity contribution in [2.45, 2.75) is 31.8 Å². The largest absolute Gasteiger partial charge is 0.468 e. The summed E-state index contributed by atoms with van der Waals surface area (Å²) in [5, 5.41) is 5.77.